The van der Waals surface area contributed by atoms with Crippen LogP contribution in [0.5, 0.6) is 0 Å². The van der Waals surface area contributed by atoms with Crippen molar-refractivity contribution in [1.29, 1.82) is 0 Å². The lowest BCUT2D eigenvalue weighted by Gasteiger charge is -2.07. The van der Waals surface area contributed by atoms with Gasteiger partial charge in [0.1, 0.15) is 0 Å². The van der Waals surface area contributed by atoms with E-state index >= 15 is 0 Å². The molecule has 4 nitrogen and oxygen atoms in total. The van der Waals surface area contributed by atoms with Crippen molar-refractivity contribution in [2.75, 3.05) is 6.26 Å². The monoisotopic (exact) mass is 204 g/mol. The molecule has 1 saturated carbocycles. The highest BCUT2D eigenvalue weighted by atomic mass is 32.2. The lowest BCUT2D eigenvalue weighted by atomic mass is 10.0. The minimum atomic E-state index is -3.19. The molecule has 5 heteroatoms. The van der Waals surface area contributed by atoms with Crippen LogP contribution in [0.1, 0.15) is 32.6 Å². The van der Waals surface area contributed by atoms with Crippen molar-refractivity contribution in [2.45, 2.75) is 32.6 Å². The molecule has 1 N–H and O–H groups in total. The molecule has 0 spiro atoms. The maximum absolute atomic E-state index is 10.7. The van der Waals surface area contributed by atoms with Gasteiger partial charge in [-0.25, -0.2) is 13.2 Å². The zero-order valence-corrected chi connectivity index (χ0v) is 8.89. The van der Waals surface area contributed by atoms with E-state index in [0.717, 1.165) is 24.8 Å². The fourth-order valence-corrected chi connectivity index (χ4v) is 1.90. The van der Waals surface area contributed by atoms with E-state index < -0.39 is 10.0 Å². The summed E-state index contributed by atoms with van der Waals surface area (Å²) in [5.74, 6) is 0.481. The topological polar surface area (TPSA) is 58.5 Å². The van der Waals surface area contributed by atoms with Gasteiger partial charge in [0.15, 0.2) is 0 Å². The van der Waals surface area contributed by atoms with Crippen LogP contribution in [0.2, 0.25) is 0 Å². The molecule has 0 amide bonds. The average molecular weight is 204 g/mol. The molecule has 0 bridgehead atoms. The van der Waals surface area contributed by atoms with E-state index in [1.807, 2.05) is 6.92 Å². The van der Waals surface area contributed by atoms with Gasteiger partial charge in [-0.05, 0) is 25.7 Å². The SMILES string of the molecule is C/C(=N\NS(C)(=O)=O)C1CCCC1. The fourth-order valence-electron chi connectivity index (χ4n) is 1.59. The summed E-state index contributed by atoms with van der Waals surface area (Å²) in [5, 5.41) is 3.86. The van der Waals surface area contributed by atoms with E-state index in [1.54, 1.807) is 0 Å². The number of nitrogens with zero attached hydrogens (tertiary/aromatic N) is 1. The van der Waals surface area contributed by atoms with Crippen molar-refractivity contribution in [2.24, 2.45) is 11.0 Å². The van der Waals surface area contributed by atoms with Gasteiger partial charge in [-0.1, -0.05) is 12.8 Å². The van der Waals surface area contributed by atoms with Crippen molar-refractivity contribution in [1.82, 2.24) is 4.83 Å². The van der Waals surface area contributed by atoms with Gasteiger partial charge < -0.3 is 0 Å². The molecule has 0 heterocycles. The predicted molar refractivity (Wildman–Crippen MR) is 53.0 cm³/mol. The van der Waals surface area contributed by atoms with Crippen LogP contribution in [0.15, 0.2) is 5.10 Å². The molecule has 0 atom stereocenters. The second kappa shape index (κ2) is 4.09. The first-order chi connectivity index (χ1) is 5.99. The first-order valence-corrected chi connectivity index (χ1v) is 6.39. The molecule has 1 aliphatic rings. The molecular weight excluding hydrogens is 188 g/mol. The van der Waals surface area contributed by atoms with Crippen molar-refractivity contribution in [3.8, 4) is 0 Å². The summed E-state index contributed by atoms with van der Waals surface area (Å²) >= 11 is 0. The Balaban J connectivity index is 2.50. The van der Waals surface area contributed by atoms with E-state index in [0.29, 0.717) is 5.92 Å². The molecule has 1 fully saturated rings. The van der Waals surface area contributed by atoms with Gasteiger partial charge in [0, 0.05) is 5.71 Å². The van der Waals surface area contributed by atoms with Crippen LogP contribution in [0.4, 0.5) is 0 Å². The highest BCUT2D eigenvalue weighted by Gasteiger charge is 2.17. The van der Waals surface area contributed by atoms with Gasteiger partial charge >= 0.3 is 0 Å². The maximum atomic E-state index is 10.7. The summed E-state index contributed by atoms with van der Waals surface area (Å²) in [4.78, 5) is 2.16. The van der Waals surface area contributed by atoms with Gasteiger partial charge in [-0.3, -0.25) is 0 Å². The first kappa shape index (κ1) is 10.5. The molecular formula is C8H16N2O2S. The van der Waals surface area contributed by atoms with Crippen LogP contribution in [0.25, 0.3) is 0 Å². The summed E-state index contributed by atoms with van der Waals surface area (Å²) in [6.45, 7) is 1.88. The molecule has 13 heavy (non-hydrogen) atoms. The molecule has 1 aliphatic carbocycles. The van der Waals surface area contributed by atoms with Crippen molar-refractivity contribution in [3.05, 3.63) is 0 Å². The molecule has 0 saturated heterocycles. The van der Waals surface area contributed by atoms with Crippen LogP contribution in [-0.2, 0) is 10.0 Å². The van der Waals surface area contributed by atoms with Crippen LogP contribution in [0, 0.1) is 5.92 Å². The molecule has 0 aliphatic heterocycles. The fraction of sp³-hybridized carbons (Fsp3) is 0.875. The zero-order chi connectivity index (χ0) is 9.90. The second-order valence-electron chi connectivity index (χ2n) is 3.60. The smallest absolute Gasteiger partial charge is 0.206 e. The Morgan fingerprint density at radius 1 is 1.38 bits per heavy atom. The molecule has 0 aromatic rings. The Morgan fingerprint density at radius 2 is 1.92 bits per heavy atom. The average Bonchev–Trinajstić information content (AvgIpc) is 2.50. The number of hydrogen-bond acceptors (Lipinski definition) is 3. The van der Waals surface area contributed by atoms with E-state index in [4.69, 9.17) is 0 Å². The maximum Gasteiger partial charge on any atom is 0.244 e. The summed E-state index contributed by atoms with van der Waals surface area (Å²) < 4.78 is 21.5. The number of nitrogens with one attached hydrogen (secondary N) is 1. The lowest BCUT2D eigenvalue weighted by Crippen LogP contribution is -2.19. The third-order valence-corrected chi connectivity index (χ3v) is 2.76. The predicted octanol–water partition coefficient (Wildman–Crippen LogP) is 1.10. The van der Waals surface area contributed by atoms with Crippen LogP contribution < -0.4 is 4.83 Å². The molecule has 76 valence electrons. The van der Waals surface area contributed by atoms with E-state index in [2.05, 4.69) is 9.93 Å². The lowest BCUT2D eigenvalue weighted by molar-refractivity contribution is 0.589. The van der Waals surface area contributed by atoms with E-state index in [-0.39, 0.29) is 0 Å². The van der Waals surface area contributed by atoms with E-state index in [1.165, 1.54) is 12.8 Å². The number of sulfonamides is 1. The zero-order valence-electron chi connectivity index (χ0n) is 8.08. The minimum absolute atomic E-state index is 0.481. The van der Waals surface area contributed by atoms with Crippen LogP contribution in [0.3, 0.4) is 0 Å². The molecule has 0 aromatic carbocycles. The van der Waals surface area contributed by atoms with Crippen LogP contribution in [-0.4, -0.2) is 20.4 Å². The van der Waals surface area contributed by atoms with Gasteiger partial charge in [-0.15, -0.1) is 0 Å². The van der Waals surface area contributed by atoms with Gasteiger partial charge in [-0.2, -0.15) is 5.10 Å². The highest BCUT2D eigenvalue weighted by Crippen LogP contribution is 2.25. The Morgan fingerprint density at radius 3 is 2.38 bits per heavy atom. The standard InChI is InChI=1S/C8H16N2O2S/c1-7(8-5-3-4-6-8)9-10-13(2,11)12/h8,10H,3-6H2,1-2H3/b9-7+. The van der Waals surface area contributed by atoms with Crippen molar-refractivity contribution in [3.63, 3.8) is 0 Å². The first-order valence-electron chi connectivity index (χ1n) is 4.50. The Hall–Kier alpha value is -0.580. The van der Waals surface area contributed by atoms with Gasteiger partial charge in [0.25, 0.3) is 0 Å². The summed E-state index contributed by atoms with van der Waals surface area (Å²) in [7, 11) is -3.19. The molecule has 0 unspecified atom stereocenters. The number of rotatable bonds is 3. The van der Waals surface area contributed by atoms with Gasteiger partial charge in [0.2, 0.25) is 10.0 Å². The Bertz CT molecular complexity index is 289. The largest absolute Gasteiger partial charge is 0.244 e. The van der Waals surface area contributed by atoms with Gasteiger partial charge in [0.05, 0.1) is 6.26 Å². The number of hydrogen-bond donors (Lipinski definition) is 1. The third kappa shape index (κ3) is 3.76. The quantitative estimate of drug-likeness (QED) is 0.553. The Kier molecular flexibility index (Phi) is 3.30. The molecule has 0 radical (unpaired) electrons. The summed E-state index contributed by atoms with van der Waals surface area (Å²) in [5.41, 5.74) is 0.905. The second-order valence-corrected chi connectivity index (χ2v) is 5.32. The van der Waals surface area contributed by atoms with Crippen LogP contribution >= 0.6 is 0 Å². The summed E-state index contributed by atoms with van der Waals surface area (Å²) in [6, 6.07) is 0. The molecule has 0 aromatic heterocycles. The minimum Gasteiger partial charge on any atom is -0.206 e. The Labute approximate surface area is 79.5 Å². The molecule has 1 rings (SSSR count). The van der Waals surface area contributed by atoms with E-state index in [9.17, 15) is 8.42 Å². The highest BCUT2D eigenvalue weighted by molar-refractivity contribution is 7.88. The third-order valence-electron chi connectivity index (χ3n) is 2.33. The van der Waals surface area contributed by atoms with Crippen molar-refractivity contribution < 1.29 is 8.42 Å². The summed E-state index contributed by atoms with van der Waals surface area (Å²) in [6.07, 6.45) is 5.85. The van der Waals surface area contributed by atoms with Crippen molar-refractivity contribution >= 4 is 15.7 Å². The number of hydrazone groups is 1. The normalized spacial score (nSPS) is 20.6.